The van der Waals surface area contributed by atoms with Crippen LogP contribution in [-0.2, 0) is 4.79 Å². The first kappa shape index (κ1) is 17.9. The smallest absolute Gasteiger partial charge is 0.221 e. The van der Waals surface area contributed by atoms with E-state index in [-0.39, 0.29) is 17.4 Å². The molecule has 0 aliphatic heterocycles. The van der Waals surface area contributed by atoms with Gasteiger partial charge in [0.2, 0.25) is 5.91 Å². The number of carbonyl (C=O) groups is 2. The highest BCUT2D eigenvalue weighted by Crippen LogP contribution is 2.27. The Bertz CT molecular complexity index is 728. The van der Waals surface area contributed by atoms with Crippen LogP contribution in [0.4, 0.5) is 5.69 Å². The summed E-state index contributed by atoms with van der Waals surface area (Å²) in [5, 5.41) is 2.70. The number of benzene rings is 2. The second-order valence-corrected chi connectivity index (χ2v) is 6.03. The number of thioether (sulfide) groups is 1. The van der Waals surface area contributed by atoms with Crippen LogP contribution in [0, 0.1) is 0 Å². The van der Waals surface area contributed by atoms with Crippen LogP contribution in [0.5, 0.6) is 11.5 Å². The summed E-state index contributed by atoms with van der Waals surface area (Å²) in [5.41, 5.74) is 1.23. The van der Waals surface area contributed by atoms with E-state index in [1.54, 1.807) is 37.4 Å². The number of ketones is 1. The lowest BCUT2D eigenvalue weighted by atomic mass is 10.1. The van der Waals surface area contributed by atoms with Gasteiger partial charge in [-0.2, -0.15) is 0 Å². The van der Waals surface area contributed by atoms with Crippen LogP contribution in [0.1, 0.15) is 17.3 Å². The number of hydrogen-bond donors (Lipinski definition) is 1. The zero-order chi connectivity index (χ0) is 17.5. The molecule has 6 heteroatoms. The third-order valence-corrected chi connectivity index (χ3v) is 4.26. The van der Waals surface area contributed by atoms with Crippen molar-refractivity contribution in [3.8, 4) is 11.5 Å². The molecule has 0 bridgehead atoms. The van der Waals surface area contributed by atoms with Gasteiger partial charge < -0.3 is 14.8 Å². The van der Waals surface area contributed by atoms with Gasteiger partial charge in [-0.25, -0.2) is 0 Å². The van der Waals surface area contributed by atoms with Gasteiger partial charge in [0.25, 0.3) is 0 Å². The van der Waals surface area contributed by atoms with Crippen molar-refractivity contribution in [2.75, 3.05) is 25.3 Å². The van der Waals surface area contributed by atoms with Crippen LogP contribution in [0.3, 0.4) is 0 Å². The highest BCUT2D eigenvalue weighted by Gasteiger charge is 2.14. The van der Waals surface area contributed by atoms with E-state index < -0.39 is 0 Å². The van der Waals surface area contributed by atoms with E-state index in [0.29, 0.717) is 17.1 Å². The van der Waals surface area contributed by atoms with Crippen molar-refractivity contribution in [2.45, 2.75) is 11.8 Å². The van der Waals surface area contributed by atoms with Crippen molar-refractivity contribution in [1.29, 1.82) is 0 Å². The summed E-state index contributed by atoms with van der Waals surface area (Å²) in [6.07, 6.45) is 0. The average molecular weight is 345 g/mol. The summed E-state index contributed by atoms with van der Waals surface area (Å²) < 4.78 is 10.4. The minimum absolute atomic E-state index is 0.0401. The fraction of sp³-hybridized carbons (Fsp3) is 0.222. The normalized spacial score (nSPS) is 10.1. The number of methoxy groups -OCH3 is 2. The highest BCUT2D eigenvalue weighted by atomic mass is 32.2. The van der Waals surface area contributed by atoms with Crippen molar-refractivity contribution in [2.24, 2.45) is 0 Å². The maximum atomic E-state index is 12.5. The van der Waals surface area contributed by atoms with Gasteiger partial charge >= 0.3 is 0 Å². The molecule has 0 unspecified atom stereocenters. The molecule has 0 aliphatic carbocycles. The Morgan fingerprint density at radius 3 is 2.33 bits per heavy atom. The number of anilines is 1. The van der Waals surface area contributed by atoms with Gasteiger partial charge in [0, 0.05) is 17.5 Å². The van der Waals surface area contributed by atoms with Crippen molar-refractivity contribution < 1.29 is 19.1 Å². The third-order valence-electron chi connectivity index (χ3n) is 3.25. The number of carbonyl (C=O) groups excluding carboxylic acids is 2. The second kappa shape index (κ2) is 8.40. The Labute approximate surface area is 145 Å². The largest absolute Gasteiger partial charge is 0.497 e. The lowest BCUT2D eigenvalue weighted by Gasteiger charge is -2.10. The van der Waals surface area contributed by atoms with Crippen LogP contribution in [0.25, 0.3) is 0 Å². The molecule has 0 heterocycles. The molecule has 0 atom stereocenters. The topological polar surface area (TPSA) is 64.6 Å². The third kappa shape index (κ3) is 4.76. The molecule has 2 rings (SSSR count). The van der Waals surface area contributed by atoms with Gasteiger partial charge in [-0.3, -0.25) is 9.59 Å². The average Bonchev–Trinajstić information content (AvgIpc) is 2.59. The highest BCUT2D eigenvalue weighted by molar-refractivity contribution is 8.00. The van der Waals surface area contributed by atoms with E-state index in [9.17, 15) is 9.59 Å². The van der Waals surface area contributed by atoms with E-state index in [1.165, 1.54) is 25.8 Å². The fourth-order valence-corrected chi connectivity index (χ4v) is 2.88. The van der Waals surface area contributed by atoms with Crippen LogP contribution in [0.15, 0.2) is 47.4 Å². The summed E-state index contributed by atoms with van der Waals surface area (Å²) in [6, 6.07) is 12.5. The molecule has 1 amide bonds. The Morgan fingerprint density at radius 2 is 1.75 bits per heavy atom. The van der Waals surface area contributed by atoms with Gasteiger partial charge in [-0.05, 0) is 42.5 Å². The quantitative estimate of drug-likeness (QED) is 0.613. The maximum Gasteiger partial charge on any atom is 0.221 e. The Balaban J connectivity index is 2.04. The minimum atomic E-state index is -0.115. The number of rotatable bonds is 7. The molecule has 0 aliphatic rings. The predicted octanol–water partition coefficient (Wildman–Crippen LogP) is 3.64. The molecule has 2 aromatic carbocycles. The molecule has 0 saturated carbocycles. The van der Waals surface area contributed by atoms with E-state index >= 15 is 0 Å². The number of amides is 1. The fourth-order valence-electron chi connectivity index (χ4n) is 2.10. The lowest BCUT2D eigenvalue weighted by Crippen LogP contribution is -2.06. The number of ether oxygens (including phenoxy) is 2. The molecule has 0 radical (unpaired) electrons. The van der Waals surface area contributed by atoms with Crippen molar-refractivity contribution >= 4 is 29.1 Å². The summed E-state index contributed by atoms with van der Waals surface area (Å²) >= 11 is 1.42. The molecular weight excluding hydrogens is 326 g/mol. The van der Waals surface area contributed by atoms with Crippen LogP contribution < -0.4 is 14.8 Å². The Kier molecular flexibility index (Phi) is 6.26. The minimum Gasteiger partial charge on any atom is -0.497 e. The molecule has 0 aromatic heterocycles. The van der Waals surface area contributed by atoms with Gasteiger partial charge in [0.15, 0.2) is 5.78 Å². The van der Waals surface area contributed by atoms with Crippen molar-refractivity contribution in [1.82, 2.24) is 0 Å². The Morgan fingerprint density at radius 1 is 1.04 bits per heavy atom. The van der Waals surface area contributed by atoms with E-state index in [4.69, 9.17) is 9.47 Å². The standard InChI is InChI=1S/C18H19NO4S/c1-12(20)19-13-4-7-15(8-5-13)24-11-17(21)16-10-14(22-2)6-9-18(16)23-3/h4-10H,11H2,1-3H3,(H,19,20). The van der Waals surface area contributed by atoms with Crippen molar-refractivity contribution in [3.05, 3.63) is 48.0 Å². The van der Waals surface area contributed by atoms with Crippen molar-refractivity contribution in [3.63, 3.8) is 0 Å². The van der Waals surface area contributed by atoms with Gasteiger partial charge in [0.05, 0.1) is 25.5 Å². The maximum absolute atomic E-state index is 12.5. The van der Waals surface area contributed by atoms with Gasteiger partial charge in [-0.15, -0.1) is 11.8 Å². The lowest BCUT2D eigenvalue weighted by molar-refractivity contribution is -0.114. The molecule has 126 valence electrons. The summed E-state index contributed by atoms with van der Waals surface area (Å²) in [4.78, 5) is 24.4. The first-order valence-electron chi connectivity index (χ1n) is 7.29. The van der Waals surface area contributed by atoms with Gasteiger partial charge in [0.1, 0.15) is 11.5 Å². The number of Topliss-reactive ketones (excluding diaryl/α,β-unsaturated/α-hetero) is 1. The predicted molar refractivity (Wildman–Crippen MR) is 95.3 cm³/mol. The van der Waals surface area contributed by atoms with Gasteiger partial charge in [-0.1, -0.05) is 0 Å². The molecule has 1 N–H and O–H groups in total. The number of nitrogens with one attached hydrogen (secondary N) is 1. The zero-order valence-electron chi connectivity index (χ0n) is 13.8. The van der Waals surface area contributed by atoms with E-state index in [2.05, 4.69) is 5.32 Å². The number of hydrogen-bond acceptors (Lipinski definition) is 5. The molecule has 0 spiro atoms. The van der Waals surface area contributed by atoms with Crippen LogP contribution >= 0.6 is 11.8 Å². The molecule has 0 fully saturated rings. The van der Waals surface area contributed by atoms with Crippen LogP contribution in [0.2, 0.25) is 0 Å². The second-order valence-electron chi connectivity index (χ2n) is 4.98. The molecule has 0 saturated heterocycles. The summed E-state index contributed by atoms with van der Waals surface area (Å²) in [5.74, 6) is 1.27. The van der Waals surface area contributed by atoms with E-state index in [0.717, 1.165) is 10.6 Å². The summed E-state index contributed by atoms with van der Waals surface area (Å²) in [6.45, 7) is 1.46. The van der Waals surface area contributed by atoms with E-state index in [1.807, 2.05) is 12.1 Å². The monoisotopic (exact) mass is 345 g/mol. The zero-order valence-corrected chi connectivity index (χ0v) is 14.6. The SMILES string of the molecule is COc1ccc(OC)c(C(=O)CSc2ccc(NC(C)=O)cc2)c1. The molecular formula is C18H19NO4S. The molecule has 24 heavy (non-hydrogen) atoms. The Hall–Kier alpha value is -2.47. The first-order chi connectivity index (χ1) is 11.5. The van der Waals surface area contributed by atoms with Crippen LogP contribution in [-0.4, -0.2) is 31.7 Å². The first-order valence-corrected chi connectivity index (χ1v) is 8.27. The molecule has 5 nitrogen and oxygen atoms in total. The summed E-state index contributed by atoms with van der Waals surface area (Å²) in [7, 11) is 3.09. The molecule has 2 aromatic rings.